The first-order valence-electron chi connectivity index (χ1n) is 9.22. The molecule has 3 aromatic carbocycles. The number of nitrogens with one attached hydrogen (secondary N) is 3. The van der Waals surface area contributed by atoms with Crippen LogP contribution in [0.1, 0.15) is 22.8 Å². The molecule has 0 aliphatic heterocycles. The summed E-state index contributed by atoms with van der Waals surface area (Å²) in [4.78, 5) is 23.7. The monoisotopic (exact) mass is 441 g/mol. The highest BCUT2D eigenvalue weighted by molar-refractivity contribution is 7.92. The predicted octanol–water partition coefficient (Wildman–Crippen LogP) is 4.15. The molecule has 2 amide bonds. The number of amides is 2. The van der Waals surface area contributed by atoms with Crippen molar-refractivity contribution in [2.24, 2.45) is 0 Å². The van der Waals surface area contributed by atoms with E-state index in [9.17, 15) is 22.4 Å². The maximum atomic E-state index is 13.8. The zero-order valence-corrected chi connectivity index (χ0v) is 17.6. The fourth-order valence-corrected chi connectivity index (χ4v) is 3.84. The van der Waals surface area contributed by atoms with Crippen LogP contribution in [0.3, 0.4) is 0 Å². The van der Waals surface area contributed by atoms with Gasteiger partial charge in [0.2, 0.25) is 5.91 Å². The van der Waals surface area contributed by atoms with Crippen molar-refractivity contribution in [3.8, 4) is 0 Å². The maximum Gasteiger partial charge on any atom is 0.261 e. The molecule has 3 N–H and O–H groups in total. The molecule has 0 unspecified atom stereocenters. The lowest BCUT2D eigenvalue weighted by molar-refractivity contribution is -0.114. The normalized spacial score (nSPS) is 10.9. The number of halogens is 1. The van der Waals surface area contributed by atoms with Gasteiger partial charge >= 0.3 is 0 Å². The smallest absolute Gasteiger partial charge is 0.261 e. The van der Waals surface area contributed by atoms with Gasteiger partial charge in [0, 0.05) is 23.9 Å². The number of sulfonamides is 1. The largest absolute Gasteiger partial charge is 0.324 e. The van der Waals surface area contributed by atoms with Crippen LogP contribution in [0.25, 0.3) is 0 Å². The van der Waals surface area contributed by atoms with Gasteiger partial charge in [0.05, 0.1) is 10.6 Å². The number of aryl methyl sites for hydroxylation is 1. The average molecular weight is 441 g/mol. The fourth-order valence-electron chi connectivity index (χ4n) is 2.73. The van der Waals surface area contributed by atoms with Crippen molar-refractivity contribution in [3.63, 3.8) is 0 Å². The minimum absolute atomic E-state index is 0.0797. The van der Waals surface area contributed by atoms with Crippen LogP contribution in [0.4, 0.5) is 21.5 Å². The lowest BCUT2D eigenvalue weighted by atomic mass is 10.2. The van der Waals surface area contributed by atoms with Crippen LogP contribution < -0.4 is 15.4 Å². The second kappa shape index (κ2) is 8.97. The second-order valence-electron chi connectivity index (χ2n) is 6.83. The van der Waals surface area contributed by atoms with Gasteiger partial charge < -0.3 is 10.6 Å². The Kier molecular flexibility index (Phi) is 6.36. The van der Waals surface area contributed by atoms with Crippen molar-refractivity contribution in [2.45, 2.75) is 18.7 Å². The Balaban J connectivity index is 1.80. The summed E-state index contributed by atoms with van der Waals surface area (Å²) in [5, 5.41) is 4.89. The molecule has 3 rings (SSSR count). The van der Waals surface area contributed by atoms with E-state index in [0.29, 0.717) is 5.69 Å². The van der Waals surface area contributed by atoms with Crippen molar-refractivity contribution >= 4 is 38.9 Å². The molecule has 0 fully saturated rings. The minimum atomic E-state index is -3.91. The summed E-state index contributed by atoms with van der Waals surface area (Å²) in [6.45, 7) is 3.13. The van der Waals surface area contributed by atoms with E-state index in [1.807, 2.05) is 6.92 Å². The van der Waals surface area contributed by atoms with Crippen LogP contribution in [0.2, 0.25) is 0 Å². The molecule has 0 aromatic heterocycles. The molecule has 0 aliphatic carbocycles. The number of hydrogen-bond acceptors (Lipinski definition) is 4. The third-order valence-electron chi connectivity index (χ3n) is 4.25. The Morgan fingerprint density at radius 1 is 0.871 bits per heavy atom. The summed E-state index contributed by atoms with van der Waals surface area (Å²) in [6, 6.07) is 16.1. The summed E-state index contributed by atoms with van der Waals surface area (Å²) in [5.74, 6) is -1.70. The fraction of sp³-hybridized carbons (Fsp3) is 0.0909. The highest BCUT2D eigenvalue weighted by atomic mass is 32.2. The molecule has 0 saturated carbocycles. The van der Waals surface area contributed by atoms with Gasteiger partial charge in [-0.3, -0.25) is 14.3 Å². The molecule has 0 saturated heterocycles. The third kappa shape index (κ3) is 5.67. The van der Waals surface area contributed by atoms with Crippen molar-refractivity contribution in [1.29, 1.82) is 0 Å². The van der Waals surface area contributed by atoms with Crippen molar-refractivity contribution in [3.05, 3.63) is 83.7 Å². The van der Waals surface area contributed by atoms with E-state index >= 15 is 0 Å². The number of anilines is 3. The molecule has 0 bridgehead atoms. The Labute approximate surface area is 179 Å². The van der Waals surface area contributed by atoms with E-state index in [-0.39, 0.29) is 21.8 Å². The zero-order chi connectivity index (χ0) is 22.6. The number of benzene rings is 3. The van der Waals surface area contributed by atoms with E-state index in [1.165, 1.54) is 43.3 Å². The van der Waals surface area contributed by atoms with E-state index in [0.717, 1.165) is 11.6 Å². The van der Waals surface area contributed by atoms with Crippen LogP contribution in [0, 0.1) is 12.7 Å². The van der Waals surface area contributed by atoms with Crippen LogP contribution in [0.15, 0.2) is 71.6 Å². The van der Waals surface area contributed by atoms with Crippen LogP contribution >= 0.6 is 0 Å². The molecule has 3 aromatic rings. The molecule has 0 radical (unpaired) electrons. The first-order valence-corrected chi connectivity index (χ1v) is 10.7. The molecular formula is C22H20FN3O4S. The Bertz CT molecular complexity index is 1240. The first-order chi connectivity index (χ1) is 14.6. The number of carbonyl (C=O) groups is 2. The second-order valence-corrected chi connectivity index (χ2v) is 8.51. The van der Waals surface area contributed by atoms with E-state index in [2.05, 4.69) is 15.4 Å². The Morgan fingerprint density at radius 3 is 2.23 bits per heavy atom. The summed E-state index contributed by atoms with van der Waals surface area (Å²) in [7, 11) is -3.91. The van der Waals surface area contributed by atoms with Gasteiger partial charge in [-0.05, 0) is 55.5 Å². The highest BCUT2D eigenvalue weighted by Crippen LogP contribution is 2.22. The summed E-state index contributed by atoms with van der Waals surface area (Å²) < 4.78 is 41.6. The molecular weight excluding hydrogens is 421 g/mol. The maximum absolute atomic E-state index is 13.8. The molecule has 9 heteroatoms. The molecule has 160 valence electrons. The van der Waals surface area contributed by atoms with Gasteiger partial charge in [-0.15, -0.1) is 0 Å². The topological polar surface area (TPSA) is 104 Å². The lowest BCUT2D eigenvalue weighted by Crippen LogP contribution is -2.16. The van der Waals surface area contributed by atoms with Crippen molar-refractivity contribution in [1.82, 2.24) is 0 Å². The third-order valence-corrected chi connectivity index (χ3v) is 5.62. The minimum Gasteiger partial charge on any atom is -0.324 e. The SMILES string of the molecule is CC(=O)Nc1cc(NC(=O)c2cccc(S(=O)(=O)Nc3ccc(C)cc3)c2)ccc1F. The van der Waals surface area contributed by atoms with Gasteiger partial charge in [0.25, 0.3) is 15.9 Å². The first kappa shape index (κ1) is 22.0. The van der Waals surface area contributed by atoms with Crippen molar-refractivity contribution in [2.75, 3.05) is 15.4 Å². The van der Waals surface area contributed by atoms with Gasteiger partial charge in [0.15, 0.2) is 0 Å². The van der Waals surface area contributed by atoms with E-state index < -0.39 is 27.7 Å². The van der Waals surface area contributed by atoms with Gasteiger partial charge in [-0.2, -0.15) is 0 Å². The predicted molar refractivity (Wildman–Crippen MR) is 117 cm³/mol. The van der Waals surface area contributed by atoms with E-state index in [4.69, 9.17) is 0 Å². The van der Waals surface area contributed by atoms with Gasteiger partial charge in [0.1, 0.15) is 5.82 Å². The number of hydrogen-bond donors (Lipinski definition) is 3. The molecule has 0 atom stereocenters. The summed E-state index contributed by atoms with van der Waals surface area (Å²) in [5.41, 5.74) is 1.64. The zero-order valence-electron chi connectivity index (χ0n) is 16.8. The van der Waals surface area contributed by atoms with Crippen LogP contribution in [-0.4, -0.2) is 20.2 Å². The Hall–Kier alpha value is -3.72. The van der Waals surface area contributed by atoms with Gasteiger partial charge in [-0.1, -0.05) is 23.8 Å². The molecule has 0 heterocycles. The van der Waals surface area contributed by atoms with E-state index in [1.54, 1.807) is 24.3 Å². The van der Waals surface area contributed by atoms with Gasteiger partial charge in [-0.25, -0.2) is 12.8 Å². The molecule has 0 aliphatic rings. The Morgan fingerprint density at radius 2 is 1.55 bits per heavy atom. The van der Waals surface area contributed by atoms with Crippen LogP contribution in [-0.2, 0) is 14.8 Å². The molecule has 31 heavy (non-hydrogen) atoms. The van der Waals surface area contributed by atoms with Crippen LogP contribution in [0.5, 0.6) is 0 Å². The quantitative estimate of drug-likeness (QED) is 0.535. The number of rotatable bonds is 6. The average Bonchev–Trinajstić information content (AvgIpc) is 2.72. The highest BCUT2D eigenvalue weighted by Gasteiger charge is 2.17. The van der Waals surface area contributed by atoms with Crippen molar-refractivity contribution < 1.29 is 22.4 Å². The number of carbonyl (C=O) groups excluding carboxylic acids is 2. The standard InChI is InChI=1S/C22H20FN3O4S/c1-14-6-8-17(9-7-14)26-31(29,30)19-5-3-4-16(12-19)22(28)25-18-10-11-20(23)21(13-18)24-15(2)27/h3-13,26H,1-2H3,(H,24,27)(H,25,28). The summed E-state index contributed by atoms with van der Waals surface area (Å²) >= 11 is 0. The summed E-state index contributed by atoms with van der Waals surface area (Å²) in [6.07, 6.45) is 0. The lowest BCUT2D eigenvalue weighted by Gasteiger charge is -2.11. The molecule has 0 spiro atoms. The molecule has 7 nitrogen and oxygen atoms in total.